The number of carbonyl (C=O) groups excluding carboxylic acids is 1. The summed E-state index contributed by atoms with van der Waals surface area (Å²) in [6.07, 6.45) is 3.73. The lowest BCUT2D eigenvalue weighted by molar-refractivity contribution is -0.137. The Hall–Kier alpha value is -3.74. The zero-order valence-electron chi connectivity index (χ0n) is 31.4. The van der Waals surface area contributed by atoms with Crippen LogP contribution >= 0.6 is 0 Å². The topological polar surface area (TPSA) is 130 Å². The molecule has 0 bridgehead atoms. The molecule has 2 aromatic rings. The number of nitrogens with zero attached hydrogens (tertiary/aromatic N) is 6. The maximum Gasteiger partial charge on any atom is 0.330 e. The van der Waals surface area contributed by atoms with Crippen molar-refractivity contribution in [3.8, 4) is 6.07 Å². The van der Waals surface area contributed by atoms with Gasteiger partial charge in [0.05, 0.1) is 17.9 Å². The second-order valence-corrected chi connectivity index (χ2v) is 15.7. The van der Waals surface area contributed by atoms with Gasteiger partial charge in [0.2, 0.25) is 0 Å². The highest BCUT2D eigenvalue weighted by Gasteiger charge is 2.28. The van der Waals surface area contributed by atoms with Gasteiger partial charge in [-0.15, -0.1) is 10.2 Å². The minimum absolute atomic E-state index is 0.0974. The van der Waals surface area contributed by atoms with Gasteiger partial charge >= 0.3 is 5.97 Å². The highest BCUT2D eigenvalue weighted by atomic mass is 16.5. The molecule has 2 rings (SSSR count). The molecule has 47 heavy (non-hydrogen) atoms. The summed E-state index contributed by atoms with van der Waals surface area (Å²) >= 11 is 0. The Balaban J connectivity index is 2.66. The van der Waals surface area contributed by atoms with E-state index in [-0.39, 0.29) is 22.9 Å². The maximum absolute atomic E-state index is 11.5. The van der Waals surface area contributed by atoms with E-state index < -0.39 is 5.97 Å². The van der Waals surface area contributed by atoms with Crippen molar-refractivity contribution in [2.45, 2.75) is 121 Å². The number of rotatable bonds is 15. The lowest BCUT2D eigenvalue weighted by Gasteiger charge is -2.31. The van der Waals surface area contributed by atoms with Gasteiger partial charge in [-0.2, -0.15) is 10.4 Å². The zero-order chi connectivity index (χ0) is 35.7. The van der Waals surface area contributed by atoms with E-state index in [1.165, 1.54) is 0 Å². The first-order valence-electron chi connectivity index (χ1n) is 17.0. The molecule has 10 nitrogen and oxygen atoms in total. The summed E-state index contributed by atoms with van der Waals surface area (Å²) in [7, 11) is 0. The summed E-state index contributed by atoms with van der Waals surface area (Å²) < 4.78 is 7.01. The molecule has 0 radical (unpaired) electrons. The van der Waals surface area contributed by atoms with Gasteiger partial charge in [-0.05, 0) is 36.5 Å². The number of pyridine rings is 1. The van der Waals surface area contributed by atoms with E-state index in [1.807, 2.05) is 18.5 Å². The smallest absolute Gasteiger partial charge is 0.330 e. The molecular formula is C37H60N8O2. The Morgan fingerprint density at radius 1 is 0.957 bits per heavy atom. The fourth-order valence-corrected chi connectivity index (χ4v) is 5.85. The van der Waals surface area contributed by atoms with Crippen molar-refractivity contribution in [3.63, 3.8) is 0 Å². The molecule has 0 fully saturated rings. The Bertz CT molecular complexity index is 1450. The van der Waals surface area contributed by atoms with E-state index >= 15 is 0 Å². The summed E-state index contributed by atoms with van der Waals surface area (Å²) in [5.74, 6) is 2.11. The van der Waals surface area contributed by atoms with Crippen molar-refractivity contribution in [1.29, 1.82) is 5.26 Å². The first-order valence-corrected chi connectivity index (χ1v) is 17.0. The van der Waals surface area contributed by atoms with Gasteiger partial charge in [-0.1, -0.05) is 95.6 Å². The third-order valence-electron chi connectivity index (χ3n) is 9.03. The molecular weight excluding hydrogens is 588 g/mol. The first-order chi connectivity index (χ1) is 21.8. The predicted octanol–water partition coefficient (Wildman–Crippen LogP) is 9.57. The third kappa shape index (κ3) is 10.6. The number of hydrogen-bond acceptors (Lipinski definition) is 9. The highest BCUT2D eigenvalue weighted by molar-refractivity contribution is 5.81. The normalized spacial score (nSPS) is 13.7. The number of carbonyl (C=O) groups is 1. The molecule has 0 aliphatic carbocycles. The molecule has 260 valence electrons. The second kappa shape index (κ2) is 16.4. The predicted molar refractivity (Wildman–Crippen MR) is 193 cm³/mol. The number of nitrogens with one attached hydrogen (secondary N) is 2. The van der Waals surface area contributed by atoms with E-state index in [0.717, 1.165) is 30.2 Å². The quantitative estimate of drug-likeness (QED) is 0.0851. The summed E-state index contributed by atoms with van der Waals surface area (Å²) in [5, 5.41) is 31.9. The average Bonchev–Trinajstić information content (AvgIpc) is 3.29. The number of esters is 1. The van der Waals surface area contributed by atoms with Crippen LogP contribution in [0.4, 0.5) is 23.1 Å². The molecule has 0 aliphatic heterocycles. The molecule has 0 saturated carbocycles. The lowest BCUT2D eigenvalue weighted by Crippen LogP contribution is -2.28. The van der Waals surface area contributed by atoms with E-state index in [0.29, 0.717) is 72.2 Å². The minimum Gasteiger partial charge on any atom is -0.462 e. The molecule has 0 saturated heterocycles. The van der Waals surface area contributed by atoms with Crippen LogP contribution in [0.15, 0.2) is 22.9 Å². The fourth-order valence-electron chi connectivity index (χ4n) is 5.85. The molecule has 0 aliphatic rings. The Morgan fingerprint density at radius 2 is 1.51 bits per heavy atom. The third-order valence-corrected chi connectivity index (χ3v) is 9.03. The van der Waals surface area contributed by atoms with Crippen LogP contribution in [0.2, 0.25) is 0 Å². The number of aryl methyl sites for hydroxylation is 1. The second-order valence-electron chi connectivity index (χ2n) is 15.7. The van der Waals surface area contributed by atoms with Crippen LogP contribution in [0.5, 0.6) is 0 Å². The van der Waals surface area contributed by atoms with Crippen molar-refractivity contribution in [1.82, 2.24) is 14.8 Å². The van der Waals surface area contributed by atoms with Crippen molar-refractivity contribution in [2.75, 3.05) is 30.3 Å². The molecule has 2 aromatic heterocycles. The molecule has 2 unspecified atom stereocenters. The molecule has 0 spiro atoms. The summed E-state index contributed by atoms with van der Waals surface area (Å²) in [6.45, 7) is 33.7. The van der Waals surface area contributed by atoms with E-state index in [4.69, 9.17) is 25.0 Å². The van der Waals surface area contributed by atoms with Gasteiger partial charge in [0, 0.05) is 48.7 Å². The number of azo groups is 1. The minimum atomic E-state index is -0.452. The molecule has 0 aromatic carbocycles. The number of ether oxygens (including phenoxy) is 1. The summed E-state index contributed by atoms with van der Waals surface area (Å²) in [4.78, 5) is 16.5. The van der Waals surface area contributed by atoms with E-state index in [1.54, 1.807) is 0 Å². The van der Waals surface area contributed by atoms with Crippen LogP contribution in [0, 0.1) is 47.8 Å². The van der Waals surface area contributed by atoms with Crippen molar-refractivity contribution >= 4 is 29.1 Å². The lowest BCUT2D eigenvalue weighted by atomic mass is 9.79. The fraction of sp³-hybridized carbons (Fsp3) is 0.676. The standard InChI is InChI=1S/C37H60N8O2/c1-15-26(35(6,7)8)22-39-32-28(21-38)24(4)30(33(41-32)40-23-27(16-2)36(9,10)11)42-43-34-25(5)31(37(12,13)14)44-45(34)19-18-20-47-29(46)17-3/h17,26-27H,3,15-16,18-20,22-23H2,1-2,4-14H3,(H2,39,40,41). The molecule has 10 heteroatoms. The average molecular weight is 649 g/mol. The van der Waals surface area contributed by atoms with E-state index in [9.17, 15) is 10.1 Å². The van der Waals surface area contributed by atoms with Crippen molar-refractivity contribution in [2.24, 2.45) is 32.9 Å². The van der Waals surface area contributed by atoms with Crippen molar-refractivity contribution in [3.05, 3.63) is 35.0 Å². The number of hydrogen-bond donors (Lipinski definition) is 2. The first kappa shape index (κ1) is 39.4. The molecule has 2 N–H and O–H groups in total. The number of aromatic nitrogens is 3. The Labute approximate surface area is 283 Å². The van der Waals surface area contributed by atoms with Gasteiger partial charge in [-0.3, -0.25) is 0 Å². The van der Waals surface area contributed by atoms with Crippen molar-refractivity contribution < 1.29 is 9.53 Å². The van der Waals surface area contributed by atoms with Crippen LogP contribution < -0.4 is 10.6 Å². The van der Waals surface area contributed by atoms with E-state index in [2.05, 4.69) is 99.4 Å². The molecule has 0 amide bonds. The van der Waals surface area contributed by atoms with Crippen LogP contribution in [0.25, 0.3) is 0 Å². The maximum atomic E-state index is 11.5. The van der Waals surface area contributed by atoms with Gasteiger partial charge < -0.3 is 15.4 Å². The summed E-state index contributed by atoms with van der Waals surface area (Å²) in [5.41, 5.74) is 3.53. The zero-order valence-corrected chi connectivity index (χ0v) is 31.4. The number of nitriles is 1. The SMILES string of the molecule is C=CC(=O)OCCCn1nc(C(C)(C)C)c(C)c1N=Nc1c(NCC(CC)C(C)(C)C)nc(NCC(CC)C(C)(C)C)c(C#N)c1C. The van der Waals surface area contributed by atoms with Gasteiger partial charge in [-0.25, -0.2) is 14.5 Å². The molecule has 2 heterocycles. The highest BCUT2D eigenvalue weighted by Crippen LogP contribution is 2.38. The van der Waals surface area contributed by atoms with Crippen LogP contribution in [-0.2, 0) is 21.5 Å². The van der Waals surface area contributed by atoms with Crippen LogP contribution in [0.3, 0.4) is 0 Å². The molecule has 2 atom stereocenters. The summed E-state index contributed by atoms with van der Waals surface area (Å²) in [6, 6.07) is 2.39. The van der Waals surface area contributed by atoms with Crippen LogP contribution in [-0.4, -0.2) is 40.4 Å². The van der Waals surface area contributed by atoms with Gasteiger partial charge in [0.1, 0.15) is 17.6 Å². The van der Waals surface area contributed by atoms with Gasteiger partial charge in [0.25, 0.3) is 0 Å². The van der Waals surface area contributed by atoms with Crippen LogP contribution in [0.1, 0.15) is 118 Å². The largest absolute Gasteiger partial charge is 0.462 e. The van der Waals surface area contributed by atoms with Gasteiger partial charge in [0.15, 0.2) is 11.6 Å². The monoisotopic (exact) mass is 648 g/mol. The Morgan fingerprint density at radius 3 is 1.98 bits per heavy atom. The number of anilines is 2. The Kier molecular flexibility index (Phi) is 13.8.